The number of nitro groups is 1. The van der Waals surface area contributed by atoms with Crippen molar-refractivity contribution in [2.45, 2.75) is 24.2 Å². The highest BCUT2D eigenvalue weighted by molar-refractivity contribution is 7.89. The number of sulfonamides is 1. The minimum absolute atomic E-state index is 0.0550. The van der Waals surface area contributed by atoms with Gasteiger partial charge in [0.05, 0.1) is 9.82 Å². The number of para-hydroxylation sites is 1. The zero-order chi connectivity index (χ0) is 21.4. The van der Waals surface area contributed by atoms with Crippen LogP contribution in [0.4, 0.5) is 17.1 Å². The normalized spacial score (nSPS) is 17.0. The lowest BCUT2D eigenvalue weighted by Gasteiger charge is -2.23. The number of primary sulfonamides is 1. The molecule has 0 unspecified atom stereocenters. The molecule has 10 heteroatoms. The number of nitrogens with one attached hydrogen (secondary N) is 1. The maximum atomic E-state index is 11.4. The molecule has 0 amide bonds. The van der Waals surface area contributed by atoms with Crippen LogP contribution in [0, 0.1) is 10.1 Å². The summed E-state index contributed by atoms with van der Waals surface area (Å²) in [6, 6.07) is 11.4. The maximum absolute atomic E-state index is 11.4. The monoisotopic (exact) mass is 415 g/mol. The molecule has 9 nitrogen and oxygen atoms in total. The molecule has 0 bridgehead atoms. The molecule has 0 fully saturated rings. The van der Waals surface area contributed by atoms with Gasteiger partial charge >= 0.3 is 0 Å². The predicted octanol–water partition coefficient (Wildman–Crippen LogP) is 2.95. The van der Waals surface area contributed by atoms with Gasteiger partial charge < -0.3 is 4.90 Å². The first-order chi connectivity index (χ1) is 13.5. The summed E-state index contributed by atoms with van der Waals surface area (Å²) in [4.78, 5) is 12.3. The van der Waals surface area contributed by atoms with E-state index in [0.29, 0.717) is 0 Å². The minimum atomic E-state index is -4.04. The Labute approximate surface area is 168 Å². The summed E-state index contributed by atoms with van der Waals surface area (Å²) in [5.74, 6) is 0. The zero-order valence-corrected chi connectivity index (χ0v) is 17.0. The third-order valence-corrected chi connectivity index (χ3v) is 5.84. The number of allylic oxidation sites excluding steroid dienone is 2. The van der Waals surface area contributed by atoms with Gasteiger partial charge in [-0.3, -0.25) is 15.5 Å². The van der Waals surface area contributed by atoms with Crippen LogP contribution in [0.3, 0.4) is 0 Å². The van der Waals surface area contributed by atoms with Crippen LogP contribution in [-0.4, -0.2) is 26.6 Å². The molecule has 0 spiro atoms. The van der Waals surface area contributed by atoms with Crippen molar-refractivity contribution in [1.82, 2.24) is 0 Å². The SMILES string of the molecule is CN1/C(=C\C=N/Nc2ccc(S(N)(=O)=O)cc2[N+](=O)[O-])C(C)(C)c2ccccc21. The van der Waals surface area contributed by atoms with Crippen LogP contribution in [0.15, 0.2) is 64.2 Å². The van der Waals surface area contributed by atoms with E-state index in [2.05, 4.69) is 35.3 Å². The van der Waals surface area contributed by atoms with Crippen LogP contribution in [0.25, 0.3) is 0 Å². The van der Waals surface area contributed by atoms with Crippen molar-refractivity contribution in [2.75, 3.05) is 17.4 Å². The number of rotatable bonds is 5. The lowest BCUT2D eigenvalue weighted by Crippen LogP contribution is -2.23. The van der Waals surface area contributed by atoms with Crippen molar-refractivity contribution in [3.63, 3.8) is 0 Å². The van der Waals surface area contributed by atoms with Gasteiger partial charge in [-0.1, -0.05) is 32.0 Å². The highest BCUT2D eigenvalue weighted by atomic mass is 32.2. The number of anilines is 2. The molecule has 1 aliphatic rings. The van der Waals surface area contributed by atoms with Crippen molar-refractivity contribution >= 4 is 33.3 Å². The molecule has 2 aromatic carbocycles. The first-order valence-corrected chi connectivity index (χ1v) is 10.2. The molecule has 1 heterocycles. The summed E-state index contributed by atoms with van der Waals surface area (Å²) in [5, 5.41) is 20.3. The van der Waals surface area contributed by atoms with E-state index >= 15 is 0 Å². The van der Waals surface area contributed by atoms with E-state index < -0.39 is 20.6 Å². The summed E-state index contributed by atoms with van der Waals surface area (Å²) in [6.07, 6.45) is 3.34. The summed E-state index contributed by atoms with van der Waals surface area (Å²) < 4.78 is 22.8. The van der Waals surface area contributed by atoms with Crippen molar-refractivity contribution in [3.05, 3.63) is 69.9 Å². The Hall–Kier alpha value is -3.24. The van der Waals surface area contributed by atoms with E-state index in [1.807, 2.05) is 31.3 Å². The van der Waals surface area contributed by atoms with Crippen molar-refractivity contribution < 1.29 is 13.3 Å². The van der Waals surface area contributed by atoms with E-state index in [1.54, 1.807) is 0 Å². The van der Waals surface area contributed by atoms with Gasteiger partial charge in [0.15, 0.2) is 0 Å². The smallest absolute Gasteiger partial charge is 0.295 e. The van der Waals surface area contributed by atoms with Gasteiger partial charge in [-0.15, -0.1) is 0 Å². The van der Waals surface area contributed by atoms with Crippen molar-refractivity contribution in [1.29, 1.82) is 0 Å². The molecular weight excluding hydrogens is 394 g/mol. The molecule has 0 aromatic heterocycles. The van der Waals surface area contributed by atoms with Crippen molar-refractivity contribution in [2.24, 2.45) is 10.2 Å². The molecule has 3 rings (SSSR count). The molecule has 0 saturated carbocycles. The molecule has 152 valence electrons. The fourth-order valence-electron chi connectivity index (χ4n) is 3.45. The summed E-state index contributed by atoms with van der Waals surface area (Å²) in [7, 11) is -2.07. The van der Waals surface area contributed by atoms with Crippen LogP contribution in [0.2, 0.25) is 0 Å². The van der Waals surface area contributed by atoms with E-state index in [0.717, 1.165) is 17.5 Å². The zero-order valence-electron chi connectivity index (χ0n) is 16.2. The molecule has 0 radical (unpaired) electrons. The number of nitrogens with two attached hydrogens (primary N) is 1. The molecule has 0 aliphatic carbocycles. The number of nitrogens with zero attached hydrogens (tertiary/aromatic N) is 3. The fourth-order valence-corrected chi connectivity index (χ4v) is 3.98. The Morgan fingerprint density at radius 2 is 1.93 bits per heavy atom. The Balaban J connectivity index is 1.85. The van der Waals surface area contributed by atoms with Gasteiger partial charge in [0, 0.05) is 36.1 Å². The van der Waals surface area contributed by atoms with E-state index in [9.17, 15) is 18.5 Å². The molecule has 29 heavy (non-hydrogen) atoms. The molecular formula is C19H21N5O4S. The number of hydrazone groups is 1. The molecule has 1 aliphatic heterocycles. The number of benzene rings is 2. The van der Waals surface area contributed by atoms with Crippen LogP contribution in [0.1, 0.15) is 19.4 Å². The Morgan fingerprint density at radius 1 is 1.24 bits per heavy atom. The number of nitro benzene ring substituents is 1. The number of hydrogen-bond donors (Lipinski definition) is 2. The standard InChI is InChI=1S/C19H21N5O4S/c1-19(2)14-6-4-5-7-16(14)23(3)18(19)10-11-21-22-15-9-8-13(29(20,27)28)12-17(15)24(25)26/h4-12,22H,1-3H3,(H2,20,27,28)/b18-10-,21-11-. The highest BCUT2D eigenvalue weighted by Crippen LogP contribution is 2.46. The Morgan fingerprint density at radius 3 is 2.55 bits per heavy atom. The number of likely N-dealkylation sites (N-methyl/N-ethyl adjacent to an activating group) is 1. The molecule has 0 saturated heterocycles. The quantitative estimate of drug-likeness (QED) is 0.438. The Bertz CT molecular complexity index is 1140. The van der Waals surface area contributed by atoms with Gasteiger partial charge in [-0.05, 0) is 29.8 Å². The number of fused-ring (bicyclic) bond motifs is 1. The van der Waals surface area contributed by atoms with Crippen LogP contribution < -0.4 is 15.5 Å². The van der Waals surface area contributed by atoms with Gasteiger partial charge in [-0.2, -0.15) is 5.10 Å². The van der Waals surface area contributed by atoms with Crippen LogP contribution in [0.5, 0.6) is 0 Å². The average Bonchev–Trinajstić information content (AvgIpc) is 2.84. The van der Waals surface area contributed by atoms with Gasteiger partial charge in [0.2, 0.25) is 10.0 Å². The topological polar surface area (TPSA) is 131 Å². The molecule has 2 aromatic rings. The third-order valence-electron chi connectivity index (χ3n) is 4.93. The predicted molar refractivity (Wildman–Crippen MR) is 113 cm³/mol. The first kappa shape index (κ1) is 20.5. The molecule has 0 atom stereocenters. The second-order valence-corrected chi connectivity index (χ2v) is 8.69. The van der Waals surface area contributed by atoms with Crippen molar-refractivity contribution in [3.8, 4) is 0 Å². The average molecular weight is 415 g/mol. The highest BCUT2D eigenvalue weighted by Gasteiger charge is 2.37. The molecule has 3 N–H and O–H groups in total. The lowest BCUT2D eigenvalue weighted by atomic mass is 9.84. The van der Waals surface area contributed by atoms with E-state index in [-0.39, 0.29) is 16.0 Å². The second kappa shape index (κ2) is 7.30. The van der Waals surface area contributed by atoms with Crippen LogP contribution >= 0.6 is 0 Å². The second-order valence-electron chi connectivity index (χ2n) is 7.12. The van der Waals surface area contributed by atoms with Gasteiger partial charge in [0.25, 0.3) is 5.69 Å². The minimum Gasteiger partial charge on any atom is -0.347 e. The van der Waals surface area contributed by atoms with E-state index in [1.165, 1.54) is 23.9 Å². The summed E-state index contributed by atoms with van der Waals surface area (Å²) in [5.41, 5.74) is 5.31. The van der Waals surface area contributed by atoms with E-state index in [4.69, 9.17) is 5.14 Å². The third kappa shape index (κ3) is 3.84. The Kier molecular flexibility index (Phi) is 5.16. The first-order valence-electron chi connectivity index (χ1n) is 8.68. The lowest BCUT2D eigenvalue weighted by molar-refractivity contribution is -0.384. The van der Waals surface area contributed by atoms with Gasteiger partial charge in [-0.25, -0.2) is 13.6 Å². The van der Waals surface area contributed by atoms with Crippen LogP contribution in [-0.2, 0) is 15.4 Å². The fraction of sp³-hybridized carbons (Fsp3) is 0.211. The maximum Gasteiger partial charge on any atom is 0.295 e. The summed E-state index contributed by atoms with van der Waals surface area (Å²) >= 11 is 0. The number of hydrogen-bond acceptors (Lipinski definition) is 7. The summed E-state index contributed by atoms with van der Waals surface area (Å²) in [6.45, 7) is 4.22. The largest absolute Gasteiger partial charge is 0.347 e. The van der Waals surface area contributed by atoms with Gasteiger partial charge in [0.1, 0.15) is 5.69 Å².